The third kappa shape index (κ3) is 3.36. The van der Waals surface area contributed by atoms with Gasteiger partial charge in [0.2, 0.25) is 0 Å². The fraction of sp³-hybridized carbons (Fsp3) is 0.294. The fourth-order valence-electron chi connectivity index (χ4n) is 2.16. The minimum absolute atomic E-state index is 0.217. The Morgan fingerprint density at radius 1 is 1.10 bits per heavy atom. The maximum Gasteiger partial charge on any atom is 0.131 e. The Hall–Kier alpha value is -1.87. The zero-order chi connectivity index (χ0) is 14.4. The molecule has 0 aliphatic carbocycles. The molecule has 2 aromatic carbocycles. The van der Waals surface area contributed by atoms with Gasteiger partial charge >= 0.3 is 0 Å². The second-order valence-electron chi connectivity index (χ2n) is 4.69. The number of nitrogens with one attached hydrogen (secondary N) is 1. The molecule has 20 heavy (non-hydrogen) atoms. The largest absolute Gasteiger partial charge is 0.496 e. The number of hydrogen-bond acceptors (Lipinski definition) is 2. The monoisotopic (exact) mass is 273 g/mol. The molecule has 0 aliphatic heterocycles. The zero-order valence-corrected chi connectivity index (χ0v) is 11.9. The van der Waals surface area contributed by atoms with Gasteiger partial charge in [-0.2, -0.15) is 0 Å². The number of rotatable bonds is 6. The molecule has 0 bridgehead atoms. The van der Waals surface area contributed by atoms with E-state index in [1.54, 1.807) is 13.2 Å². The lowest BCUT2D eigenvalue weighted by molar-refractivity contribution is 0.416. The van der Waals surface area contributed by atoms with Crippen molar-refractivity contribution in [3.63, 3.8) is 0 Å². The molecule has 106 valence electrons. The summed E-state index contributed by atoms with van der Waals surface area (Å²) in [4.78, 5) is 0. The smallest absolute Gasteiger partial charge is 0.131 e. The number of methoxy groups -OCH3 is 1. The van der Waals surface area contributed by atoms with Crippen LogP contribution in [0.15, 0.2) is 42.5 Å². The summed E-state index contributed by atoms with van der Waals surface area (Å²) in [7, 11) is 1.60. The van der Waals surface area contributed by atoms with Crippen LogP contribution in [-0.2, 0) is 6.54 Å². The van der Waals surface area contributed by atoms with Gasteiger partial charge in [-0.25, -0.2) is 4.39 Å². The van der Waals surface area contributed by atoms with Gasteiger partial charge in [-0.15, -0.1) is 0 Å². The molecule has 0 amide bonds. The predicted molar refractivity (Wildman–Crippen MR) is 80.4 cm³/mol. The number of benzene rings is 2. The van der Waals surface area contributed by atoms with Gasteiger partial charge in [-0.1, -0.05) is 37.3 Å². The minimum Gasteiger partial charge on any atom is -0.496 e. The lowest BCUT2D eigenvalue weighted by atomic mass is 10.0. The Bertz CT molecular complexity index is 569. The third-order valence-electron chi connectivity index (χ3n) is 3.19. The molecule has 1 N–H and O–H groups in total. The molecule has 0 atom stereocenters. The van der Waals surface area contributed by atoms with Gasteiger partial charge in [-0.3, -0.25) is 0 Å². The van der Waals surface area contributed by atoms with Crippen molar-refractivity contribution in [3.8, 4) is 16.9 Å². The molecule has 0 unspecified atom stereocenters. The quantitative estimate of drug-likeness (QED) is 0.803. The Kier molecular flexibility index (Phi) is 5.13. The van der Waals surface area contributed by atoms with Crippen LogP contribution < -0.4 is 10.1 Å². The number of para-hydroxylation sites is 1. The molecule has 0 aliphatic rings. The van der Waals surface area contributed by atoms with E-state index >= 15 is 0 Å². The van der Waals surface area contributed by atoms with Crippen LogP contribution in [0.2, 0.25) is 0 Å². The van der Waals surface area contributed by atoms with Crippen LogP contribution in [0.25, 0.3) is 11.1 Å². The van der Waals surface area contributed by atoms with E-state index in [1.807, 2.05) is 36.4 Å². The second kappa shape index (κ2) is 7.06. The number of halogens is 1. The normalized spacial score (nSPS) is 10.6. The van der Waals surface area contributed by atoms with E-state index in [4.69, 9.17) is 4.74 Å². The number of hydrogen-bond donors (Lipinski definition) is 1. The summed E-state index contributed by atoms with van der Waals surface area (Å²) < 4.78 is 19.6. The van der Waals surface area contributed by atoms with E-state index in [9.17, 15) is 4.39 Å². The first kappa shape index (κ1) is 14.5. The van der Waals surface area contributed by atoms with Crippen LogP contribution >= 0.6 is 0 Å². The van der Waals surface area contributed by atoms with Gasteiger partial charge in [-0.05, 0) is 30.7 Å². The van der Waals surface area contributed by atoms with Crippen molar-refractivity contribution >= 4 is 0 Å². The van der Waals surface area contributed by atoms with Gasteiger partial charge in [0.1, 0.15) is 11.6 Å². The SMILES string of the molecule is CCCNCc1ccc(-c2ccccc2OC)c(F)c1. The lowest BCUT2D eigenvalue weighted by Crippen LogP contribution is -2.13. The summed E-state index contributed by atoms with van der Waals surface area (Å²) in [6, 6.07) is 12.8. The first-order valence-electron chi connectivity index (χ1n) is 6.88. The summed E-state index contributed by atoms with van der Waals surface area (Å²) in [6.07, 6.45) is 1.07. The topological polar surface area (TPSA) is 21.3 Å². The van der Waals surface area contributed by atoms with E-state index in [2.05, 4.69) is 12.2 Å². The van der Waals surface area contributed by atoms with Crippen LogP contribution in [0, 0.1) is 5.82 Å². The second-order valence-corrected chi connectivity index (χ2v) is 4.69. The van der Waals surface area contributed by atoms with Crippen molar-refractivity contribution < 1.29 is 9.13 Å². The van der Waals surface area contributed by atoms with Gasteiger partial charge in [0.05, 0.1) is 7.11 Å². The van der Waals surface area contributed by atoms with Crippen LogP contribution in [-0.4, -0.2) is 13.7 Å². The van der Waals surface area contributed by atoms with E-state index in [1.165, 1.54) is 0 Å². The molecule has 0 saturated carbocycles. The van der Waals surface area contributed by atoms with Crippen molar-refractivity contribution in [2.45, 2.75) is 19.9 Å². The first-order chi connectivity index (χ1) is 9.76. The maximum atomic E-state index is 14.3. The molecule has 0 heterocycles. The van der Waals surface area contributed by atoms with Gasteiger partial charge < -0.3 is 10.1 Å². The summed E-state index contributed by atoms with van der Waals surface area (Å²) in [5, 5.41) is 3.27. The minimum atomic E-state index is -0.217. The summed E-state index contributed by atoms with van der Waals surface area (Å²) >= 11 is 0. The van der Waals surface area contributed by atoms with Crippen molar-refractivity contribution in [2.24, 2.45) is 0 Å². The van der Waals surface area contributed by atoms with Gasteiger partial charge in [0.25, 0.3) is 0 Å². The molecule has 2 nitrogen and oxygen atoms in total. The van der Waals surface area contributed by atoms with Crippen LogP contribution in [0.1, 0.15) is 18.9 Å². The highest BCUT2D eigenvalue weighted by Crippen LogP contribution is 2.31. The van der Waals surface area contributed by atoms with Crippen molar-refractivity contribution in [3.05, 3.63) is 53.8 Å². The summed E-state index contributed by atoms with van der Waals surface area (Å²) in [5.41, 5.74) is 2.30. The van der Waals surface area contributed by atoms with Crippen molar-refractivity contribution in [1.82, 2.24) is 5.32 Å². The Morgan fingerprint density at radius 3 is 2.60 bits per heavy atom. The molecule has 0 fully saturated rings. The first-order valence-corrected chi connectivity index (χ1v) is 6.88. The lowest BCUT2D eigenvalue weighted by Gasteiger charge is -2.11. The highest BCUT2D eigenvalue weighted by molar-refractivity contribution is 5.71. The van der Waals surface area contributed by atoms with Crippen molar-refractivity contribution in [1.29, 1.82) is 0 Å². The van der Waals surface area contributed by atoms with Crippen molar-refractivity contribution in [2.75, 3.05) is 13.7 Å². The molecular weight excluding hydrogens is 253 g/mol. The number of ether oxygens (including phenoxy) is 1. The molecule has 0 saturated heterocycles. The zero-order valence-electron chi connectivity index (χ0n) is 11.9. The Labute approximate surface area is 119 Å². The molecule has 0 radical (unpaired) electrons. The van der Waals surface area contributed by atoms with Crippen LogP contribution in [0.3, 0.4) is 0 Å². The van der Waals surface area contributed by atoms with Gasteiger partial charge in [0, 0.05) is 17.7 Å². The third-order valence-corrected chi connectivity index (χ3v) is 3.19. The standard InChI is InChI=1S/C17H20FNO/c1-3-10-19-12-13-8-9-14(16(18)11-13)15-6-4-5-7-17(15)20-2/h4-9,11,19H,3,10,12H2,1-2H3. The molecule has 3 heteroatoms. The molecular formula is C17H20FNO. The molecule has 2 aromatic rings. The fourth-order valence-corrected chi connectivity index (χ4v) is 2.16. The summed E-state index contributed by atoms with van der Waals surface area (Å²) in [5.74, 6) is 0.466. The Morgan fingerprint density at radius 2 is 1.90 bits per heavy atom. The highest BCUT2D eigenvalue weighted by Gasteiger charge is 2.10. The summed E-state index contributed by atoms with van der Waals surface area (Å²) in [6.45, 7) is 3.74. The highest BCUT2D eigenvalue weighted by atomic mass is 19.1. The van der Waals surface area contributed by atoms with E-state index in [0.717, 1.165) is 24.1 Å². The predicted octanol–water partition coefficient (Wildman–Crippen LogP) is 4.00. The van der Waals surface area contributed by atoms with E-state index in [-0.39, 0.29) is 5.82 Å². The Balaban J connectivity index is 2.25. The van der Waals surface area contributed by atoms with Gasteiger partial charge in [0.15, 0.2) is 0 Å². The maximum absolute atomic E-state index is 14.3. The average molecular weight is 273 g/mol. The van der Waals surface area contributed by atoms with Crippen LogP contribution in [0.4, 0.5) is 4.39 Å². The van der Waals surface area contributed by atoms with E-state index in [0.29, 0.717) is 17.9 Å². The average Bonchev–Trinajstić information content (AvgIpc) is 2.48. The molecule has 0 spiro atoms. The van der Waals surface area contributed by atoms with Crippen LogP contribution in [0.5, 0.6) is 5.75 Å². The molecule has 0 aromatic heterocycles. The molecule has 2 rings (SSSR count). The van der Waals surface area contributed by atoms with E-state index < -0.39 is 0 Å².